The van der Waals surface area contributed by atoms with Gasteiger partial charge in [-0.15, -0.1) is 6.58 Å². The number of benzene rings is 1. The molecule has 0 radical (unpaired) electrons. The smallest absolute Gasteiger partial charge is 0.323 e. The monoisotopic (exact) mass is 275 g/mol. The highest BCUT2D eigenvalue weighted by molar-refractivity contribution is 5.94. The summed E-state index contributed by atoms with van der Waals surface area (Å²) in [7, 11) is 1.54. The lowest BCUT2D eigenvalue weighted by molar-refractivity contribution is -0.142. The van der Waals surface area contributed by atoms with Gasteiger partial charge in [0, 0.05) is 18.2 Å². The zero-order valence-corrected chi connectivity index (χ0v) is 11.3. The van der Waals surface area contributed by atoms with Crippen molar-refractivity contribution >= 4 is 18.0 Å². The molecule has 5 nitrogen and oxygen atoms in total. The van der Waals surface area contributed by atoms with E-state index in [4.69, 9.17) is 9.84 Å². The average Bonchev–Trinajstić information content (AvgIpc) is 2.44. The molecule has 1 amide bonds. The number of ether oxygens (including phenoxy) is 1. The van der Waals surface area contributed by atoms with Crippen LogP contribution in [0.3, 0.4) is 0 Å². The maximum Gasteiger partial charge on any atom is 0.323 e. The molecule has 0 bridgehead atoms. The van der Waals surface area contributed by atoms with Gasteiger partial charge in [-0.05, 0) is 12.1 Å². The fourth-order valence-electron chi connectivity index (χ4n) is 1.62. The summed E-state index contributed by atoms with van der Waals surface area (Å²) in [5.74, 6) is -0.811. The van der Waals surface area contributed by atoms with Crippen molar-refractivity contribution in [2.24, 2.45) is 0 Å². The zero-order chi connectivity index (χ0) is 15.0. The van der Waals surface area contributed by atoms with Crippen LogP contribution in [0.25, 0.3) is 6.08 Å². The molecule has 0 saturated heterocycles. The summed E-state index contributed by atoms with van der Waals surface area (Å²) in [5.41, 5.74) is 0.747. The Morgan fingerprint density at radius 1 is 1.40 bits per heavy atom. The lowest BCUT2D eigenvalue weighted by Crippen LogP contribution is -2.34. The fourth-order valence-corrected chi connectivity index (χ4v) is 1.62. The van der Waals surface area contributed by atoms with Gasteiger partial charge in [0.15, 0.2) is 0 Å². The van der Waals surface area contributed by atoms with Crippen LogP contribution in [0.1, 0.15) is 5.56 Å². The third kappa shape index (κ3) is 4.61. The molecule has 1 N–H and O–H groups in total. The van der Waals surface area contributed by atoms with Gasteiger partial charge in [0.1, 0.15) is 12.3 Å². The molecule has 0 fully saturated rings. The first-order valence-electron chi connectivity index (χ1n) is 6.01. The highest BCUT2D eigenvalue weighted by atomic mass is 16.5. The summed E-state index contributed by atoms with van der Waals surface area (Å²) in [4.78, 5) is 23.8. The van der Waals surface area contributed by atoms with Crippen molar-refractivity contribution in [2.45, 2.75) is 0 Å². The topological polar surface area (TPSA) is 66.8 Å². The van der Waals surface area contributed by atoms with E-state index in [2.05, 4.69) is 6.58 Å². The minimum Gasteiger partial charge on any atom is -0.496 e. The molecular formula is C15H17NO4. The minimum atomic E-state index is -1.06. The molecule has 0 aliphatic heterocycles. The molecule has 0 atom stereocenters. The zero-order valence-electron chi connectivity index (χ0n) is 11.3. The molecule has 20 heavy (non-hydrogen) atoms. The Bertz CT molecular complexity index is 522. The van der Waals surface area contributed by atoms with Crippen molar-refractivity contribution in [1.29, 1.82) is 0 Å². The number of para-hydroxylation sites is 1. The fraction of sp³-hybridized carbons (Fsp3) is 0.200. The highest BCUT2D eigenvalue weighted by Crippen LogP contribution is 2.18. The summed E-state index contributed by atoms with van der Waals surface area (Å²) in [6, 6.07) is 7.23. The first kappa shape index (κ1) is 15.5. The van der Waals surface area contributed by atoms with Gasteiger partial charge in [0.2, 0.25) is 5.91 Å². The number of carboxylic acids is 1. The van der Waals surface area contributed by atoms with E-state index in [9.17, 15) is 9.59 Å². The van der Waals surface area contributed by atoms with Crippen LogP contribution in [0.5, 0.6) is 5.75 Å². The summed E-state index contributed by atoms with van der Waals surface area (Å²) in [6.07, 6.45) is 4.40. The van der Waals surface area contributed by atoms with E-state index in [1.165, 1.54) is 17.1 Å². The Morgan fingerprint density at radius 2 is 2.10 bits per heavy atom. The molecule has 1 rings (SSSR count). The van der Waals surface area contributed by atoms with E-state index in [1.807, 2.05) is 12.1 Å². The van der Waals surface area contributed by atoms with E-state index in [0.717, 1.165) is 5.56 Å². The van der Waals surface area contributed by atoms with Gasteiger partial charge >= 0.3 is 5.97 Å². The van der Waals surface area contributed by atoms with Crippen molar-refractivity contribution in [3.63, 3.8) is 0 Å². The minimum absolute atomic E-state index is 0.182. The van der Waals surface area contributed by atoms with E-state index in [0.29, 0.717) is 5.75 Å². The van der Waals surface area contributed by atoms with Gasteiger partial charge in [-0.25, -0.2) is 0 Å². The number of carbonyl (C=O) groups excluding carboxylic acids is 1. The van der Waals surface area contributed by atoms with Gasteiger partial charge in [0.05, 0.1) is 7.11 Å². The first-order chi connectivity index (χ1) is 9.58. The largest absolute Gasteiger partial charge is 0.496 e. The highest BCUT2D eigenvalue weighted by Gasteiger charge is 2.12. The van der Waals surface area contributed by atoms with E-state index in [-0.39, 0.29) is 13.1 Å². The Hall–Kier alpha value is -2.56. The maximum absolute atomic E-state index is 11.9. The Balaban J connectivity index is 2.83. The number of hydrogen-bond donors (Lipinski definition) is 1. The number of nitrogens with zero attached hydrogens (tertiary/aromatic N) is 1. The number of hydrogen-bond acceptors (Lipinski definition) is 3. The quantitative estimate of drug-likeness (QED) is 0.608. The average molecular weight is 275 g/mol. The number of rotatable bonds is 7. The third-order valence-electron chi connectivity index (χ3n) is 2.53. The SMILES string of the molecule is C=CCN(CC(=O)O)C(=O)C=Cc1ccccc1OC. The summed E-state index contributed by atoms with van der Waals surface area (Å²) >= 11 is 0. The predicted molar refractivity (Wildman–Crippen MR) is 76.4 cm³/mol. The maximum atomic E-state index is 11.9. The Kier molecular flexibility index (Phi) is 6.03. The normalized spacial score (nSPS) is 10.2. The standard InChI is InChI=1S/C15H17NO4/c1-3-10-16(11-15(18)19)14(17)9-8-12-6-4-5-7-13(12)20-2/h3-9H,1,10-11H2,2H3,(H,18,19). The van der Waals surface area contributed by atoms with Crippen molar-refractivity contribution in [2.75, 3.05) is 20.2 Å². The van der Waals surface area contributed by atoms with Crippen molar-refractivity contribution in [3.8, 4) is 5.75 Å². The van der Waals surface area contributed by atoms with Crippen LogP contribution in [0.4, 0.5) is 0 Å². The second-order valence-electron chi connectivity index (χ2n) is 3.98. The van der Waals surface area contributed by atoms with Gasteiger partial charge in [-0.1, -0.05) is 24.3 Å². The number of carboxylic acid groups (broad SMARTS) is 1. The Morgan fingerprint density at radius 3 is 2.70 bits per heavy atom. The van der Waals surface area contributed by atoms with Gasteiger partial charge in [-0.3, -0.25) is 9.59 Å². The van der Waals surface area contributed by atoms with Gasteiger partial charge in [-0.2, -0.15) is 0 Å². The van der Waals surface area contributed by atoms with Crippen LogP contribution in [0, 0.1) is 0 Å². The predicted octanol–water partition coefficient (Wildman–Crippen LogP) is 1.81. The summed E-state index contributed by atoms with van der Waals surface area (Å²) in [5, 5.41) is 8.75. The molecule has 5 heteroatoms. The van der Waals surface area contributed by atoms with E-state index in [1.54, 1.807) is 25.3 Å². The molecule has 1 aromatic carbocycles. The number of amides is 1. The number of carbonyl (C=O) groups is 2. The Labute approximate surface area is 117 Å². The third-order valence-corrected chi connectivity index (χ3v) is 2.53. The number of methoxy groups -OCH3 is 1. The molecule has 0 saturated carbocycles. The van der Waals surface area contributed by atoms with Crippen molar-refractivity contribution < 1.29 is 19.4 Å². The molecule has 1 aromatic rings. The molecule has 0 aromatic heterocycles. The molecule has 0 unspecified atom stereocenters. The second kappa shape index (κ2) is 7.78. The van der Waals surface area contributed by atoms with Crippen LogP contribution in [0.15, 0.2) is 43.0 Å². The molecule has 106 valence electrons. The van der Waals surface area contributed by atoms with Crippen LogP contribution in [-0.2, 0) is 9.59 Å². The van der Waals surface area contributed by atoms with Gasteiger partial charge < -0.3 is 14.7 Å². The van der Waals surface area contributed by atoms with E-state index < -0.39 is 11.9 Å². The second-order valence-corrected chi connectivity index (χ2v) is 3.98. The summed E-state index contributed by atoms with van der Waals surface area (Å²) in [6.45, 7) is 3.33. The lowest BCUT2D eigenvalue weighted by atomic mass is 10.2. The first-order valence-corrected chi connectivity index (χ1v) is 6.01. The van der Waals surface area contributed by atoms with Gasteiger partial charge in [0.25, 0.3) is 0 Å². The molecule has 0 aliphatic rings. The van der Waals surface area contributed by atoms with Crippen LogP contribution in [-0.4, -0.2) is 42.1 Å². The van der Waals surface area contributed by atoms with Crippen molar-refractivity contribution in [3.05, 3.63) is 48.6 Å². The molecule has 0 spiro atoms. The molecular weight excluding hydrogens is 258 g/mol. The van der Waals surface area contributed by atoms with Crippen LogP contribution < -0.4 is 4.74 Å². The van der Waals surface area contributed by atoms with Crippen LogP contribution in [0.2, 0.25) is 0 Å². The number of aliphatic carboxylic acids is 1. The lowest BCUT2D eigenvalue weighted by Gasteiger charge is -2.16. The van der Waals surface area contributed by atoms with Crippen LogP contribution >= 0.6 is 0 Å². The molecule has 0 heterocycles. The summed E-state index contributed by atoms with van der Waals surface area (Å²) < 4.78 is 5.16. The molecule has 0 aliphatic carbocycles. The van der Waals surface area contributed by atoms with E-state index >= 15 is 0 Å². The van der Waals surface area contributed by atoms with Crippen molar-refractivity contribution in [1.82, 2.24) is 4.90 Å².